The number of aromatic amines is 1. The fourth-order valence-corrected chi connectivity index (χ4v) is 9.88. The molecule has 0 bridgehead atoms. The van der Waals surface area contributed by atoms with E-state index in [9.17, 15) is 82.3 Å². The third kappa shape index (κ3) is 28.3. The van der Waals surface area contributed by atoms with Crippen molar-refractivity contribution in [2.24, 2.45) is 5.73 Å². The molecule has 21 nitrogen and oxygen atoms in total. The molecule has 0 unspecified atom stereocenters. The van der Waals surface area contributed by atoms with Gasteiger partial charge in [0, 0.05) is 69.9 Å². The number of hydrogen-bond acceptors (Lipinski definition) is 13. The summed E-state index contributed by atoms with van der Waals surface area (Å²) < 4.78 is 142. The minimum absolute atomic E-state index is 0.0908. The molecule has 8 N–H and O–H groups in total. The number of H-pyrrole nitrogens is 1. The Bertz CT molecular complexity index is 4800. The van der Waals surface area contributed by atoms with Crippen LogP contribution in [0.2, 0.25) is 0 Å². The number of carbonyl (C=O) groups excluding carboxylic acids is 7. The Morgan fingerprint density at radius 1 is 0.486 bits per heavy atom. The largest absolute Gasteiger partial charge is 0.480 e. The number of ketones is 2. The maximum absolute atomic E-state index is 14.1. The molecule has 10 aromatic rings. The SMILES string of the molecule is CC(=O)N[C@H](C)C(=O)O.CC(=O)N[C@H](C)C(=O)OCC(=O)c1cc(F)ccc1F.CC(=O)N[C@H](C)c1nc(-c2cc(F)ccc2F)cn1Cc1ccccc1.CC(=O)N[C@H](C)c1ncc(-c2cc(F)ccc2F)[nH]1.C[C@@H](N)c1nc(-c2cc(F)ccc2F)cn1Cc1ccccc1.O=C(CCl)c1cc(F)ccc1F. The maximum atomic E-state index is 14.1. The molecule has 0 fully saturated rings. The van der Waals surface area contributed by atoms with Crippen LogP contribution in [0, 0.1) is 58.2 Å². The van der Waals surface area contributed by atoms with E-state index < -0.39 is 112 Å². The molecule has 3 aromatic heterocycles. The van der Waals surface area contributed by atoms with Crippen LogP contribution in [0.25, 0.3) is 33.8 Å². The number of carbonyl (C=O) groups is 8. The van der Waals surface area contributed by atoms with Gasteiger partial charge in [0.05, 0.1) is 58.4 Å². The second-order valence-electron chi connectivity index (χ2n) is 23.9. The monoisotopic (exact) mass is 1540 g/mol. The summed E-state index contributed by atoms with van der Waals surface area (Å²) in [5.74, 6) is -9.37. The lowest BCUT2D eigenvalue weighted by molar-refractivity contribution is -0.146. The van der Waals surface area contributed by atoms with Crippen molar-refractivity contribution in [2.75, 3.05) is 12.5 Å². The van der Waals surface area contributed by atoms with Crippen LogP contribution in [0.1, 0.15) is 130 Å². The van der Waals surface area contributed by atoms with Crippen LogP contribution < -0.4 is 27.0 Å². The maximum Gasteiger partial charge on any atom is 0.328 e. The molecule has 0 aliphatic carbocycles. The standard InChI is InChI=1S/C20H19F2N3O.C18H17F2N3.C13H13F2N3O.C13H13F2NO4.C8H5ClF2O.C5H9NO3/c1-13(23-14(2)26)20-24-19(17-10-16(21)8-9-18(17)22)12-25(20)11-15-6-4-3-5-7-15;1-12(21)18-22-17(15-9-14(19)7-8-16(15)20)11-23(18)10-13-5-3-2-4-6-13;1-7(17-8(2)19)13-16-6-12(18-13)10-5-9(14)3-4-11(10)15;1-7(16-8(2)17)13(19)20-6-12(18)10-5-9(14)3-4-11(10)15;9-4-8(12)6-3-5(10)1-2-7(6)11;1-3(5(8)9)6-4(2)7/h3-10,12-13H,11H2,1-2H3,(H,23,26);2-9,11-12H,10,21H2,1H3;3-7H,1-2H3,(H,16,18)(H,17,19);3-5,7H,6H2,1-2H3,(H,16,17);1-3H,4H2;3H,1-2H3,(H,6,7)(H,8,9)/t13-;12-;2*7-;;3-/m1111.1/s1. The summed E-state index contributed by atoms with van der Waals surface area (Å²) in [6, 6.07) is 31.7. The van der Waals surface area contributed by atoms with Gasteiger partial charge in [-0.05, 0) is 137 Å². The van der Waals surface area contributed by atoms with Crippen LogP contribution in [-0.4, -0.2) is 106 Å². The smallest absolute Gasteiger partial charge is 0.328 e. The molecule has 0 saturated carbocycles. The summed E-state index contributed by atoms with van der Waals surface area (Å²) in [6.07, 6.45) is 4.80. The number of imidazole rings is 3. The van der Waals surface area contributed by atoms with E-state index in [1.54, 1.807) is 26.2 Å². The third-order valence-electron chi connectivity index (χ3n) is 14.8. The van der Waals surface area contributed by atoms with Gasteiger partial charge in [-0.1, -0.05) is 60.7 Å². The van der Waals surface area contributed by atoms with Crippen molar-refractivity contribution >= 4 is 58.7 Å². The number of esters is 1. The van der Waals surface area contributed by atoms with Gasteiger partial charge in [-0.25, -0.2) is 63.7 Å². The number of amides is 4. The molecular formula is C77H76ClF10N11O10. The number of hydrogen-bond donors (Lipinski definition) is 7. The van der Waals surface area contributed by atoms with Crippen molar-refractivity contribution in [1.82, 2.24) is 50.3 Å². The molecule has 576 valence electrons. The summed E-state index contributed by atoms with van der Waals surface area (Å²) in [5, 5.41) is 18.1. The number of nitrogens with one attached hydrogen (secondary N) is 5. The number of nitrogens with two attached hydrogens (primary N) is 1. The number of aliphatic carboxylic acids is 1. The van der Waals surface area contributed by atoms with Crippen LogP contribution in [0.5, 0.6) is 0 Å². The normalized spacial score (nSPS) is 11.8. The third-order valence-corrected chi connectivity index (χ3v) is 15.0. The van der Waals surface area contributed by atoms with Crippen LogP contribution in [0.4, 0.5) is 43.9 Å². The van der Waals surface area contributed by atoms with Gasteiger partial charge >= 0.3 is 11.9 Å². The number of aromatic nitrogens is 6. The predicted octanol–water partition coefficient (Wildman–Crippen LogP) is 13.7. The summed E-state index contributed by atoms with van der Waals surface area (Å²) in [4.78, 5) is 103. The Morgan fingerprint density at radius 3 is 1.28 bits per heavy atom. The van der Waals surface area contributed by atoms with E-state index in [4.69, 9.17) is 22.4 Å². The predicted molar refractivity (Wildman–Crippen MR) is 385 cm³/mol. The molecule has 0 radical (unpaired) electrons. The van der Waals surface area contributed by atoms with E-state index in [0.717, 1.165) is 102 Å². The van der Waals surface area contributed by atoms with Crippen molar-refractivity contribution in [2.45, 2.75) is 106 Å². The van der Waals surface area contributed by atoms with Gasteiger partial charge in [0.2, 0.25) is 29.4 Å². The zero-order chi connectivity index (χ0) is 80.9. The van der Waals surface area contributed by atoms with Crippen molar-refractivity contribution in [3.63, 3.8) is 0 Å². The van der Waals surface area contributed by atoms with Crippen molar-refractivity contribution in [3.05, 3.63) is 268 Å². The van der Waals surface area contributed by atoms with E-state index in [2.05, 4.69) is 45.9 Å². The first-order chi connectivity index (χ1) is 51.4. The van der Waals surface area contributed by atoms with E-state index in [1.165, 1.54) is 47.7 Å². The molecule has 109 heavy (non-hydrogen) atoms. The Morgan fingerprint density at radius 2 is 0.862 bits per heavy atom. The zero-order valence-corrected chi connectivity index (χ0v) is 60.7. The van der Waals surface area contributed by atoms with Gasteiger partial charge in [0.15, 0.2) is 12.4 Å². The average molecular weight is 1540 g/mol. The summed E-state index contributed by atoms with van der Waals surface area (Å²) in [6.45, 7) is 13.8. The highest BCUT2D eigenvalue weighted by Gasteiger charge is 2.23. The van der Waals surface area contributed by atoms with Gasteiger partial charge < -0.3 is 51.0 Å². The molecule has 0 saturated heterocycles. The fourth-order valence-electron chi connectivity index (χ4n) is 9.73. The Kier molecular flexibility index (Phi) is 33.9. The van der Waals surface area contributed by atoms with E-state index in [0.29, 0.717) is 47.6 Å². The van der Waals surface area contributed by atoms with Crippen molar-refractivity contribution in [1.29, 1.82) is 0 Å². The Balaban J connectivity index is 0.000000241. The molecule has 0 spiro atoms. The molecule has 4 amide bonds. The minimum atomic E-state index is -1.02. The van der Waals surface area contributed by atoms with E-state index in [-0.39, 0.29) is 64.0 Å². The molecule has 0 aliphatic rings. The number of rotatable bonds is 21. The van der Waals surface area contributed by atoms with Gasteiger partial charge in [-0.15, -0.1) is 11.6 Å². The summed E-state index contributed by atoms with van der Waals surface area (Å²) >= 11 is 5.17. The van der Waals surface area contributed by atoms with Gasteiger partial charge in [0.25, 0.3) is 0 Å². The molecule has 3 heterocycles. The zero-order valence-electron chi connectivity index (χ0n) is 60.0. The van der Waals surface area contributed by atoms with Gasteiger partial charge in [-0.2, -0.15) is 0 Å². The van der Waals surface area contributed by atoms with Crippen molar-refractivity contribution < 1.29 is 92.1 Å². The molecule has 32 heteroatoms. The van der Waals surface area contributed by atoms with Crippen LogP contribution in [0.15, 0.2) is 170 Å². The molecule has 5 atom stereocenters. The highest BCUT2D eigenvalue weighted by Crippen LogP contribution is 2.29. The number of nitrogens with zero attached hydrogens (tertiary/aromatic N) is 5. The molecule has 10 rings (SSSR count). The number of alkyl halides is 1. The Labute approximate surface area is 624 Å². The highest BCUT2D eigenvalue weighted by molar-refractivity contribution is 6.30. The van der Waals surface area contributed by atoms with Crippen molar-refractivity contribution in [3.8, 4) is 33.8 Å². The van der Waals surface area contributed by atoms with E-state index in [1.807, 2.05) is 76.7 Å². The quantitative estimate of drug-likeness (QED) is 0.0152. The number of halogens is 11. The summed E-state index contributed by atoms with van der Waals surface area (Å²) in [5.41, 5.74) is 8.70. The number of Topliss-reactive ketones (excluding diaryl/α,β-unsaturated/α-hetero) is 2. The average Bonchev–Trinajstić information content (AvgIpc) is 1.66. The number of carboxylic acid groups (broad SMARTS) is 1. The second kappa shape index (κ2) is 42.3. The first kappa shape index (κ1) is 87.5. The Hall–Kier alpha value is -12.1. The molecular weight excluding hydrogens is 1460 g/mol. The first-order valence-electron chi connectivity index (χ1n) is 32.8. The topological polar surface area (TPSA) is 304 Å². The van der Waals surface area contributed by atoms with Crippen LogP contribution in [-0.2, 0) is 46.6 Å². The van der Waals surface area contributed by atoms with E-state index >= 15 is 0 Å². The van der Waals surface area contributed by atoms with Crippen LogP contribution >= 0.6 is 11.6 Å². The lowest BCUT2D eigenvalue weighted by Gasteiger charge is -2.14. The molecule has 0 aliphatic heterocycles. The van der Waals surface area contributed by atoms with Gasteiger partial charge in [-0.3, -0.25) is 33.6 Å². The van der Waals surface area contributed by atoms with Gasteiger partial charge in [0.1, 0.15) is 87.7 Å². The lowest BCUT2D eigenvalue weighted by Crippen LogP contribution is -2.38. The summed E-state index contributed by atoms with van der Waals surface area (Å²) in [7, 11) is 0. The first-order valence-corrected chi connectivity index (χ1v) is 33.4. The van der Waals surface area contributed by atoms with Crippen LogP contribution in [0.3, 0.4) is 0 Å². The number of carboxylic acids is 1. The lowest BCUT2D eigenvalue weighted by atomic mass is 10.1. The fraction of sp³-hybridized carbons (Fsp3) is 0.234. The second-order valence-corrected chi connectivity index (χ2v) is 24.2. The highest BCUT2D eigenvalue weighted by atomic mass is 35.5. The molecule has 7 aromatic carbocycles. The number of benzene rings is 7. The number of ether oxygens (including phenoxy) is 1. The minimum Gasteiger partial charge on any atom is -0.480 e.